The minimum absolute atomic E-state index is 0.837. The lowest BCUT2D eigenvalue weighted by Gasteiger charge is -1.98. The van der Waals surface area contributed by atoms with E-state index >= 15 is 0 Å². The number of aromatic amines is 1. The standard InChI is InChI=1S/C13H11N3/c1-9-7-14-13-12(16-9)11(8-15-13)10-5-3-2-4-6-10/h2-8H,1H3,(H,14,15). The van der Waals surface area contributed by atoms with Crippen LogP contribution in [0.3, 0.4) is 0 Å². The topological polar surface area (TPSA) is 41.6 Å². The molecular weight excluding hydrogens is 198 g/mol. The van der Waals surface area contributed by atoms with Crippen molar-refractivity contribution in [2.24, 2.45) is 0 Å². The Hall–Kier alpha value is -2.16. The van der Waals surface area contributed by atoms with Gasteiger partial charge in [-0.15, -0.1) is 0 Å². The van der Waals surface area contributed by atoms with Crippen LogP contribution in [0, 0.1) is 6.92 Å². The van der Waals surface area contributed by atoms with Gasteiger partial charge in [0.25, 0.3) is 0 Å². The minimum Gasteiger partial charge on any atom is -0.344 e. The highest BCUT2D eigenvalue weighted by Gasteiger charge is 2.07. The van der Waals surface area contributed by atoms with Gasteiger partial charge in [0, 0.05) is 11.8 Å². The first-order valence-electron chi connectivity index (χ1n) is 5.21. The zero-order valence-electron chi connectivity index (χ0n) is 8.94. The van der Waals surface area contributed by atoms with E-state index in [1.165, 1.54) is 0 Å². The predicted octanol–water partition coefficient (Wildman–Crippen LogP) is 2.93. The quantitative estimate of drug-likeness (QED) is 0.669. The maximum atomic E-state index is 4.52. The number of hydrogen-bond donors (Lipinski definition) is 1. The van der Waals surface area contributed by atoms with Crippen LogP contribution in [0.4, 0.5) is 0 Å². The Balaban J connectivity index is 2.29. The molecular formula is C13H11N3. The molecule has 0 aliphatic rings. The van der Waals surface area contributed by atoms with Gasteiger partial charge in [-0.1, -0.05) is 30.3 Å². The van der Waals surface area contributed by atoms with Gasteiger partial charge in [-0.3, -0.25) is 0 Å². The van der Waals surface area contributed by atoms with Crippen LogP contribution in [0.2, 0.25) is 0 Å². The van der Waals surface area contributed by atoms with E-state index < -0.39 is 0 Å². The van der Waals surface area contributed by atoms with Crippen molar-refractivity contribution in [3.63, 3.8) is 0 Å². The van der Waals surface area contributed by atoms with Gasteiger partial charge in [-0.05, 0) is 12.5 Å². The minimum atomic E-state index is 0.837. The molecule has 0 aliphatic heterocycles. The van der Waals surface area contributed by atoms with Gasteiger partial charge in [0.1, 0.15) is 5.52 Å². The lowest BCUT2D eigenvalue weighted by Crippen LogP contribution is -1.85. The number of hydrogen-bond acceptors (Lipinski definition) is 2. The summed E-state index contributed by atoms with van der Waals surface area (Å²) in [5.74, 6) is 0. The normalized spacial score (nSPS) is 10.8. The monoisotopic (exact) mass is 209 g/mol. The third-order valence-electron chi connectivity index (χ3n) is 2.59. The lowest BCUT2D eigenvalue weighted by atomic mass is 10.1. The Morgan fingerprint density at radius 2 is 1.94 bits per heavy atom. The molecule has 3 heteroatoms. The first kappa shape index (κ1) is 9.09. The number of aryl methyl sites for hydroxylation is 1. The van der Waals surface area contributed by atoms with Crippen LogP contribution in [-0.4, -0.2) is 15.0 Å². The molecule has 16 heavy (non-hydrogen) atoms. The average molecular weight is 209 g/mol. The van der Waals surface area contributed by atoms with Gasteiger partial charge in [-0.25, -0.2) is 9.97 Å². The van der Waals surface area contributed by atoms with E-state index in [1.54, 1.807) is 6.20 Å². The molecule has 0 unspecified atom stereocenters. The van der Waals surface area contributed by atoms with Crippen molar-refractivity contribution in [1.29, 1.82) is 0 Å². The van der Waals surface area contributed by atoms with Gasteiger partial charge < -0.3 is 4.98 Å². The zero-order chi connectivity index (χ0) is 11.0. The number of benzene rings is 1. The number of aromatic nitrogens is 3. The second-order valence-corrected chi connectivity index (χ2v) is 3.78. The van der Waals surface area contributed by atoms with Gasteiger partial charge >= 0.3 is 0 Å². The van der Waals surface area contributed by atoms with E-state index in [1.807, 2.05) is 31.3 Å². The van der Waals surface area contributed by atoms with Crippen molar-refractivity contribution in [2.75, 3.05) is 0 Å². The van der Waals surface area contributed by atoms with Crippen molar-refractivity contribution in [1.82, 2.24) is 15.0 Å². The molecule has 3 nitrogen and oxygen atoms in total. The Labute approximate surface area is 93.2 Å². The van der Waals surface area contributed by atoms with Crippen molar-refractivity contribution in [2.45, 2.75) is 6.92 Å². The van der Waals surface area contributed by atoms with E-state index in [2.05, 4.69) is 27.1 Å². The highest BCUT2D eigenvalue weighted by molar-refractivity contribution is 5.90. The lowest BCUT2D eigenvalue weighted by molar-refractivity contribution is 1.17. The fourth-order valence-electron chi connectivity index (χ4n) is 1.82. The van der Waals surface area contributed by atoms with Gasteiger partial charge in [-0.2, -0.15) is 0 Å². The molecule has 3 aromatic rings. The summed E-state index contributed by atoms with van der Waals surface area (Å²) in [6.07, 6.45) is 3.73. The van der Waals surface area contributed by atoms with Crippen molar-refractivity contribution in [3.8, 4) is 11.1 Å². The van der Waals surface area contributed by atoms with Gasteiger partial charge in [0.05, 0.1) is 11.9 Å². The summed E-state index contributed by atoms with van der Waals surface area (Å²) in [6, 6.07) is 10.2. The van der Waals surface area contributed by atoms with Crippen LogP contribution in [0.25, 0.3) is 22.3 Å². The molecule has 3 rings (SSSR count). The van der Waals surface area contributed by atoms with Crippen LogP contribution in [-0.2, 0) is 0 Å². The summed E-state index contributed by atoms with van der Waals surface area (Å²) in [7, 11) is 0. The second-order valence-electron chi connectivity index (χ2n) is 3.78. The van der Waals surface area contributed by atoms with Crippen LogP contribution in [0.1, 0.15) is 5.69 Å². The molecule has 0 atom stereocenters. The van der Waals surface area contributed by atoms with E-state index in [-0.39, 0.29) is 0 Å². The van der Waals surface area contributed by atoms with Gasteiger partial charge in [0.15, 0.2) is 5.65 Å². The molecule has 0 bridgehead atoms. The zero-order valence-corrected chi connectivity index (χ0v) is 8.94. The molecule has 0 radical (unpaired) electrons. The molecule has 1 N–H and O–H groups in total. The third-order valence-corrected chi connectivity index (χ3v) is 2.59. The third kappa shape index (κ3) is 1.37. The molecule has 0 fully saturated rings. The average Bonchev–Trinajstić information content (AvgIpc) is 2.73. The molecule has 2 heterocycles. The van der Waals surface area contributed by atoms with Crippen LogP contribution in [0.15, 0.2) is 42.7 Å². The number of rotatable bonds is 1. The summed E-state index contributed by atoms with van der Waals surface area (Å²) >= 11 is 0. The number of nitrogens with one attached hydrogen (secondary N) is 1. The van der Waals surface area contributed by atoms with E-state index in [0.29, 0.717) is 0 Å². The molecule has 1 aromatic carbocycles. The van der Waals surface area contributed by atoms with Gasteiger partial charge in [0.2, 0.25) is 0 Å². The highest BCUT2D eigenvalue weighted by Crippen LogP contribution is 2.25. The first-order chi connectivity index (χ1) is 7.84. The summed E-state index contributed by atoms with van der Waals surface area (Å²) in [5, 5.41) is 0. The maximum Gasteiger partial charge on any atom is 0.156 e. The smallest absolute Gasteiger partial charge is 0.156 e. The second kappa shape index (κ2) is 3.45. The summed E-state index contributed by atoms with van der Waals surface area (Å²) < 4.78 is 0. The van der Waals surface area contributed by atoms with Crippen LogP contribution in [0.5, 0.6) is 0 Å². The van der Waals surface area contributed by atoms with Crippen LogP contribution < -0.4 is 0 Å². The van der Waals surface area contributed by atoms with E-state index in [9.17, 15) is 0 Å². The van der Waals surface area contributed by atoms with Crippen molar-refractivity contribution >= 4 is 11.2 Å². The SMILES string of the molecule is Cc1cnc2[nH]cc(-c3ccccc3)c2n1. The Morgan fingerprint density at radius 3 is 2.75 bits per heavy atom. The number of H-pyrrole nitrogens is 1. The fourth-order valence-corrected chi connectivity index (χ4v) is 1.82. The van der Waals surface area contributed by atoms with E-state index in [0.717, 1.165) is 28.0 Å². The number of nitrogens with zero attached hydrogens (tertiary/aromatic N) is 2. The summed E-state index contributed by atoms with van der Waals surface area (Å²) in [4.78, 5) is 12.0. The molecule has 78 valence electrons. The van der Waals surface area contributed by atoms with Crippen molar-refractivity contribution < 1.29 is 0 Å². The van der Waals surface area contributed by atoms with Crippen LogP contribution >= 0.6 is 0 Å². The predicted molar refractivity (Wildman–Crippen MR) is 64.1 cm³/mol. The molecule has 2 aromatic heterocycles. The number of fused-ring (bicyclic) bond motifs is 1. The molecule has 0 spiro atoms. The van der Waals surface area contributed by atoms with E-state index in [4.69, 9.17) is 0 Å². The Kier molecular flexibility index (Phi) is 1.96. The highest BCUT2D eigenvalue weighted by atomic mass is 14.9. The summed E-state index contributed by atoms with van der Waals surface area (Å²) in [5.41, 5.74) is 4.97. The first-order valence-corrected chi connectivity index (χ1v) is 5.21. The molecule has 0 saturated carbocycles. The fraction of sp³-hybridized carbons (Fsp3) is 0.0769. The largest absolute Gasteiger partial charge is 0.344 e. The summed E-state index contributed by atoms with van der Waals surface area (Å²) in [6.45, 7) is 1.95. The molecule has 0 saturated heterocycles. The maximum absolute atomic E-state index is 4.52. The molecule has 0 amide bonds. The Morgan fingerprint density at radius 1 is 1.12 bits per heavy atom. The molecule has 0 aliphatic carbocycles. The van der Waals surface area contributed by atoms with Crippen molar-refractivity contribution in [3.05, 3.63) is 48.4 Å². The Bertz CT molecular complexity index is 626.